The second-order valence-electron chi connectivity index (χ2n) is 5.07. The minimum Gasteiger partial charge on any atom is -0.263 e. The van der Waals surface area contributed by atoms with E-state index in [4.69, 9.17) is 0 Å². The number of rotatable bonds is 2. The molecule has 120 valence electrons. The summed E-state index contributed by atoms with van der Waals surface area (Å²) >= 11 is 0. The first kappa shape index (κ1) is 16.4. The Morgan fingerprint density at radius 3 is 2.14 bits per heavy atom. The Bertz CT molecular complexity index is 716. The van der Waals surface area contributed by atoms with Gasteiger partial charge in [0, 0.05) is 23.9 Å². The van der Waals surface area contributed by atoms with Crippen LogP contribution in [0.3, 0.4) is 0 Å². The monoisotopic (exact) mass is 319 g/mol. The molecular formula is C14H14F5N3. The fourth-order valence-corrected chi connectivity index (χ4v) is 2.44. The van der Waals surface area contributed by atoms with Crippen LogP contribution in [0.25, 0.3) is 11.4 Å². The van der Waals surface area contributed by atoms with Crippen LogP contribution >= 0.6 is 0 Å². The van der Waals surface area contributed by atoms with E-state index in [9.17, 15) is 22.0 Å². The smallest absolute Gasteiger partial charge is 0.263 e. The summed E-state index contributed by atoms with van der Waals surface area (Å²) < 4.78 is 65.4. The standard InChI is InChI=1S/C14H14F5N3/c1-6-5-9(13(15)16)8(3)20-10(6)11-7(2)12(14(17,18)19)22(4)21-11/h5,13H,1-4H3. The molecule has 22 heavy (non-hydrogen) atoms. The molecule has 8 heteroatoms. The third-order valence-electron chi connectivity index (χ3n) is 3.45. The average molecular weight is 319 g/mol. The normalized spacial score (nSPS) is 12.3. The fraction of sp³-hybridized carbons (Fsp3) is 0.429. The van der Waals surface area contributed by atoms with Crippen molar-refractivity contribution in [1.82, 2.24) is 14.8 Å². The van der Waals surface area contributed by atoms with Crippen LogP contribution in [0.15, 0.2) is 6.07 Å². The molecule has 2 aromatic heterocycles. The van der Waals surface area contributed by atoms with E-state index in [1.165, 1.54) is 33.9 Å². The van der Waals surface area contributed by atoms with Crippen LogP contribution in [0, 0.1) is 20.8 Å². The van der Waals surface area contributed by atoms with E-state index in [1.54, 1.807) is 0 Å². The number of alkyl halides is 5. The molecule has 0 unspecified atom stereocenters. The van der Waals surface area contributed by atoms with Crippen LogP contribution < -0.4 is 0 Å². The van der Waals surface area contributed by atoms with Crippen LogP contribution in [-0.2, 0) is 13.2 Å². The molecule has 0 fully saturated rings. The van der Waals surface area contributed by atoms with Gasteiger partial charge in [-0.05, 0) is 32.4 Å². The summed E-state index contributed by atoms with van der Waals surface area (Å²) in [6, 6.07) is 1.24. The highest BCUT2D eigenvalue weighted by molar-refractivity contribution is 5.64. The zero-order valence-corrected chi connectivity index (χ0v) is 12.4. The number of pyridine rings is 1. The van der Waals surface area contributed by atoms with Crippen molar-refractivity contribution in [2.75, 3.05) is 0 Å². The second kappa shape index (κ2) is 5.33. The highest BCUT2D eigenvalue weighted by Gasteiger charge is 2.38. The van der Waals surface area contributed by atoms with E-state index in [1.807, 2.05) is 0 Å². The average Bonchev–Trinajstić information content (AvgIpc) is 2.66. The highest BCUT2D eigenvalue weighted by atomic mass is 19.4. The molecular weight excluding hydrogens is 305 g/mol. The molecule has 0 N–H and O–H groups in total. The first-order valence-corrected chi connectivity index (χ1v) is 6.41. The van der Waals surface area contributed by atoms with Gasteiger partial charge in [-0.25, -0.2) is 8.78 Å². The lowest BCUT2D eigenvalue weighted by Gasteiger charge is -2.10. The minimum atomic E-state index is -4.55. The predicted octanol–water partition coefficient (Wildman–Crippen LogP) is 4.36. The van der Waals surface area contributed by atoms with Crippen molar-refractivity contribution in [2.24, 2.45) is 7.05 Å². The Hall–Kier alpha value is -1.99. The number of aryl methyl sites for hydroxylation is 3. The molecule has 0 radical (unpaired) electrons. The number of halogens is 5. The second-order valence-corrected chi connectivity index (χ2v) is 5.07. The van der Waals surface area contributed by atoms with Crippen molar-refractivity contribution < 1.29 is 22.0 Å². The molecule has 0 saturated carbocycles. The summed E-state index contributed by atoms with van der Waals surface area (Å²) in [6.45, 7) is 4.21. The van der Waals surface area contributed by atoms with Crippen molar-refractivity contribution in [3.8, 4) is 11.4 Å². The molecule has 0 aliphatic rings. The molecule has 0 aromatic carbocycles. The van der Waals surface area contributed by atoms with Crippen LogP contribution in [-0.4, -0.2) is 14.8 Å². The van der Waals surface area contributed by atoms with Gasteiger partial charge in [0.25, 0.3) is 6.43 Å². The molecule has 0 amide bonds. The quantitative estimate of drug-likeness (QED) is 0.770. The summed E-state index contributed by atoms with van der Waals surface area (Å²) in [5.41, 5.74) is -0.508. The van der Waals surface area contributed by atoms with Crippen molar-refractivity contribution in [3.05, 3.63) is 34.1 Å². The van der Waals surface area contributed by atoms with Crippen LogP contribution in [0.1, 0.15) is 34.5 Å². The lowest BCUT2D eigenvalue weighted by atomic mass is 10.0. The third kappa shape index (κ3) is 2.69. The van der Waals surface area contributed by atoms with E-state index in [2.05, 4.69) is 10.1 Å². The molecule has 2 rings (SSSR count). The maximum Gasteiger partial charge on any atom is 0.433 e. The fourth-order valence-electron chi connectivity index (χ4n) is 2.44. The Kier molecular flexibility index (Phi) is 3.97. The van der Waals surface area contributed by atoms with Gasteiger partial charge < -0.3 is 0 Å². The molecule has 0 spiro atoms. The van der Waals surface area contributed by atoms with Gasteiger partial charge in [0.15, 0.2) is 0 Å². The molecule has 0 bridgehead atoms. The SMILES string of the molecule is Cc1cc(C(F)F)c(C)nc1-c1nn(C)c(C(F)(F)F)c1C. The molecule has 3 nitrogen and oxygen atoms in total. The zero-order chi connectivity index (χ0) is 16.8. The molecule has 0 aliphatic carbocycles. The zero-order valence-electron chi connectivity index (χ0n) is 12.4. The number of nitrogens with zero attached hydrogens (tertiary/aromatic N) is 3. The molecule has 0 saturated heterocycles. The molecule has 2 heterocycles. The lowest BCUT2D eigenvalue weighted by molar-refractivity contribution is -0.144. The third-order valence-corrected chi connectivity index (χ3v) is 3.45. The highest BCUT2D eigenvalue weighted by Crippen LogP contribution is 2.37. The van der Waals surface area contributed by atoms with Crippen molar-refractivity contribution in [1.29, 1.82) is 0 Å². The summed E-state index contributed by atoms with van der Waals surface area (Å²) in [7, 11) is 1.19. The van der Waals surface area contributed by atoms with E-state index in [0.717, 1.165) is 4.68 Å². The van der Waals surface area contributed by atoms with Gasteiger partial charge in [-0.2, -0.15) is 18.3 Å². The van der Waals surface area contributed by atoms with Crippen molar-refractivity contribution in [3.63, 3.8) is 0 Å². The van der Waals surface area contributed by atoms with Crippen LogP contribution in [0.4, 0.5) is 22.0 Å². The van der Waals surface area contributed by atoms with Crippen LogP contribution in [0.2, 0.25) is 0 Å². The van der Waals surface area contributed by atoms with E-state index < -0.39 is 18.3 Å². The summed E-state index contributed by atoms with van der Waals surface area (Å²) in [5, 5.41) is 3.87. The maximum absolute atomic E-state index is 13.0. The van der Waals surface area contributed by atoms with Crippen LogP contribution in [0.5, 0.6) is 0 Å². The maximum atomic E-state index is 13.0. The number of hydrogen-bond acceptors (Lipinski definition) is 2. The Labute approximate surface area is 123 Å². The Balaban J connectivity index is 2.66. The van der Waals surface area contributed by atoms with Gasteiger partial charge in [-0.3, -0.25) is 9.67 Å². The van der Waals surface area contributed by atoms with E-state index in [0.29, 0.717) is 5.56 Å². The summed E-state index contributed by atoms with van der Waals surface area (Å²) in [4.78, 5) is 4.04. The van der Waals surface area contributed by atoms with E-state index in [-0.39, 0.29) is 28.2 Å². The summed E-state index contributed by atoms with van der Waals surface area (Å²) in [6.07, 6.45) is -7.23. The Morgan fingerprint density at radius 2 is 1.68 bits per heavy atom. The van der Waals surface area contributed by atoms with Gasteiger partial charge in [-0.15, -0.1) is 0 Å². The first-order chi connectivity index (χ1) is 10.0. The minimum absolute atomic E-state index is 0.0521. The summed E-state index contributed by atoms with van der Waals surface area (Å²) in [5.74, 6) is 0. The van der Waals surface area contributed by atoms with Gasteiger partial charge in [-0.1, -0.05) is 0 Å². The molecule has 0 aliphatic heterocycles. The van der Waals surface area contributed by atoms with Gasteiger partial charge in [0.1, 0.15) is 11.4 Å². The van der Waals surface area contributed by atoms with Gasteiger partial charge in [0.05, 0.1) is 5.69 Å². The van der Waals surface area contributed by atoms with Gasteiger partial charge in [0.2, 0.25) is 0 Å². The largest absolute Gasteiger partial charge is 0.433 e. The number of aromatic nitrogens is 3. The predicted molar refractivity (Wildman–Crippen MR) is 70.6 cm³/mol. The topological polar surface area (TPSA) is 30.7 Å². The van der Waals surface area contributed by atoms with Crippen molar-refractivity contribution >= 4 is 0 Å². The Morgan fingerprint density at radius 1 is 1.09 bits per heavy atom. The van der Waals surface area contributed by atoms with Crippen molar-refractivity contribution in [2.45, 2.75) is 33.4 Å². The molecule has 2 aromatic rings. The lowest BCUT2D eigenvalue weighted by Crippen LogP contribution is -2.13. The number of hydrogen-bond donors (Lipinski definition) is 0. The first-order valence-electron chi connectivity index (χ1n) is 6.41. The van der Waals surface area contributed by atoms with Gasteiger partial charge >= 0.3 is 6.18 Å². The van der Waals surface area contributed by atoms with E-state index >= 15 is 0 Å². The molecule has 0 atom stereocenters.